The molecule has 1 aliphatic heterocycles. The molecular weight excluding hydrogens is 258 g/mol. The van der Waals surface area contributed by atoms with E-state index in [1.807, 2.05) is 18.7 Å². The lowest BCUT2D eigenvalue weighted by molar-refractivity contribution is 0.0599. The van der Waals surface area contributed by atoms with Gasteiger partial charge in [0.15, 0.2) is 5.78 Å². The minimum absolute atomic E-state index is 0.0830. The van der Waals surface area contributed by atoms with Crippen LogP contribution in [0.3, 0.4) is 0 Å². The number of halogens is 1. The van der Waals surface area contributed by atoms with Crippen molar-refractivity contribution in [1.29, 1.82) is 0 Å². The third-order valence-electron chi connectivity index (χ3n) is 3.22. The van der Waals surface area contributed by atoms with Crippen molar-refractivity contribution in [3.8, 4) is 0 Å². The van der Waals surface area contributed by atoms with Crippen LogP contribution in [0.5, 0.6) is 0 Å². The van der Waals surface area contributed by atoms with Crippen molar-refractivity contribution in [3.05, 3.63) is 21.3 Å². The first kappa shape index (κ1) is 13.0. The maximum Gasteiger partial charge on any atom is 0.189 e. The van der Waals surface area contributed by atoms with Gasteiger partial charge in [-0.1, -0.05) is 11.6 Å². The summed E-state index contributed by atoms with van der Waals surface area (Å²) in [7, 11) is 0. The quantitative estimate of drug-likeness (QED) is 0.860. The largest absolute Gasteiger partial charge is 0.389 e. The van der Waals surface area contributed by atoms with Crippen molar-refractivity contribution < 1.29 is 9.90 Å². The maximum absolute atomic E-state index is 12.2. The Kier molecular flexibility index (Phi) is 3.59. The van der Waals surface area contributed by atoms with Crippen LogP contribution in [-0.2, 0) is 0 Å². The van der Waals surface area contributed by atoms with Crippen molar-refractivity contribution in [2.75, 3.05) is 13.1 Å². The Morgan fingerprint density at radius 1 is 1.65 bits per heavy atom. The molecule has 2 atom stereocenters. The number of hydrogen-bond acceptors (Lipinski definition) is 4. The smallest absolute Gasteiger partial charge is 0.189 e. The Morgan fingerprint density at radius 3 is 2.82 bits per heavy atom. The van der Waals surface area contributed by atoms with Crippen molar-refractivity contribution in [1.82, 2.24) is 4.90 Å². The van der Waals surface area contributed by atoms with Gasteiger partial charge in [-0.15, -0.1) is 11.3 Å². The highest BCUT2D eigenvalue weighted by Gasteiger charge is 2.36. The highest BCUT2D eigenvalue weighted by Crippen LogP contribution is 2.27. The van der Waals surface area contributed by atoms with Crippen LogP contribution in [0.15, 0.2) is 12.1 Å². The monoisotopic (exact) mass is 273 g/mol. The summed E-state index contributed by atoms with van der Waals surface area (Å²) in [5.74, 6) is 0.0830. The van der Waals surface area contributed by atoms with E-state index in [4.69, 9.17) is 11.6 Å². The number of Topliss-reactive ketones (excluding diaryl/α,β-unsaturated/α-hetero) is 1. The summed E-state index contributed by atoms with van der Waals surface area (Å²) in [5, 5.41) is 9.90. The summed E-state index contributed by atoms with van der Waals surface area (Å²) in [6.45, 7) is 5.02. The molecule has 0 saturated carbocycles. The third-order valence-corrected chi connectivity index (χ3v) is 4.47. The van der Waals surface area contributed by atoms with Gasteiger partial charge in [-0.05, 0) is 32.4 Å². The molecule has 94 valence electrons. The Balaban J connectivity index is 2.06. The molecule has 1 aromatic rings. The fourth-order valence-electron chi connectivity index (χ4n) is 2.13. The van der Waals surface area contributed by atoms with Gasteiger partial charge in [0.25, 0.3) is 0 Å². The molecule has 3 nitrogen and oxygen atoms in total. The van der Waals surface area contributed by atoms with Gasteiger partial charge in [0, 0.05) is 13.1 Å². The topological polar surface area (TPSA) is 40.5 Å². The summed E-state index contributed by atoms with van der Waals surface area (Å²) in [6, 6.07) is 3.31. The van der Waals surface area contributed by atoms with E-state index < -0.39 is 5.60 Å². The van der Waals surface area contributed by atoms with Crippen molar-refractivity contribution in [2.45, 2.75) is 31.9 Å². The van der Waals surface area contributed by atoms with Gasteiger partial charge in [-0.3, -0.25) is 9.69 Å². The predicted octanol–water partition coefficient (Wildman–Crippen LogP) is 2.43. The molecule has 2 unspecified atom stereocenters. The standard InChI is InChI=1S/C12H16ClNO2S/c1-8(14-6-5-12(2,16)7-14)11(15)9-3-4-10(13)17-9/h3-4,8,16H,5-7H2,1-2H3. The molecule has 2 heterocycles. The first-order valence-corrected chi connectivity index (χ1v) is 6.84. The predicted molar refractivity (Wildman–Crippen MR) is 69.9 cm³/mol. The first-order valence-electron chi connectivity index (χ1n) is 5.65. The number of carbonyl (C=O) groups excluding carboxylic acids is 1. The lowest BCUT2D eigenvalue weighted by atomic mass is 10.1. The lowest BCUT2D eigenvalue weighted by Gasteiger charge is -2.24. The Morgan fingerprint density at radius 2 is 2.35 bits per heavy atom. The summed E-state index contributed by atoms with van der Waals surface area (Å²) in [5.41, 5.74) is -0.665. The molecule has 1 saturated heterocycles. The number of nitrogens with zero attached hydrogens (tertiary/aromatic N) is 1. The molecule has 0 radical (unpaired) electrons. The number of β-amino-alcohol motifs (C(OH)–C–C–N with tert-alkyl or cyclic N) is 1. The van der Waals surface area contributed by atoms with Crippen molar-refractivity contribution in [3.63, 3.8) is 0 Å². The molecule has 1 fully saturated rings. The van der Waals surface area contributed by atoms with Crippen LogP contribution in [0.4, 0.5) is 0 Å². The van der Waals surface area contributed by atoms with Crippen molar-refractivity contribution >= 4 is 28.7 Å². The average Bonchev–Trinajstić information content (AvgIpc) is 2.82. The molecule has 17 heavy (non-hydrogen) atoms. The number of aliphatic hydroxyl groups is 1. The fraction of sp³-hybridized carbons (Fsp3) is 0.583. The minimum Gasteiger partial charge on any atom is -0.389 e. The van der Waals surface area contributed by atoms with Crippen LogP contribution < -0.4 is 0 Å². The van der Waals surface area contributed by atoms with Crippen LogP contribution in [0, 0.1) is 0 Å². The summed E-state index contributed by atoms with van der Waals surface area (Å²) >= 11 is 7.14. The van der Waals surface area contributed by atoms with Crippen LogP contribution in [0.25, 0.3) is 0 Å². The van der Waals surface area contributed by atoms with E-state index in [1.54, 1.807) is 12.1 Å². The lowest BCUT2D eigenvalue weighted by Crippen LogP contribution is -2.39. The zero-order valence-electron chi connectivity index (χ0n) is 9.94. The van der Waals surface area contributed by atoms with Crippen LogP contribution in [-0.4, -0.2) is 40.5 Å². The summed E-state index contributed by atoms with van der Waals surface area (Å²) in [4.78, 5) is 14.9. The number of thiophene rings is 1. The van der Waals surface area contributed by atoms with Crippen molar-refractivity contribution in [2.24, 2.45) is 0 Å². The number of ketones is 1. The third kappa shape index (κ3) is 2.88. The molecule has 0 aromatic carbocycles. The molecule has 0 bridgehead atoms. The van der Waals surface area contributed by atoms with E-state index in [0.29, 0.717) is 15.8 Å². The van der Waals surface area contributed by atoms with E-state index in [1.165, 1.54) is 11.3 Å². The van der Waals surface area contributed by atoms with Gasteiger partial charge in [0.1, 0.15) is 0 Å². The number of rotatable bonds is 3. The SMILES string of the molecule is CC(C(=O)c1ccc(Cl)s1)N1CCC(C)(O)C1. The molecular formula is C12H16ClNO2S. The Labute approximate surface area is 110 Å². The highest BCUT2D eigenvalue weighted by atomic mass is 35.5. The van der Waals surface area contributed by atoms with Gasteiger partial charge >= 0.3 is 0 Å². The zero-order valence-corrected chi connectivity index (χ0v) is 11.5. The highest BCUT2D eigenvalue weighted by molar-refractivity contribution is 7.18. The first-order chi connectivity index (χ1) is 7.89. The second kappa shape index (κ2) is 4.69. The molecule has 0 aliphatic carbocycles. The van der Waals surface area contributed by atoms with Gasteiger partial charge in [0.05, 0.1) is 20.9 Å². The van der Waals surface area contributed by atoms with E-state index in [2.05, 4.69) is 0 Å². The molecule has 2 rings (SSSR count). The second-order valence-electron chi connectivity index (χ2n) is 4.86. The van der Waals surface area contributed by atoms with Gasteiger partial charge in [0.2, 0.25) is 0 Å². The second-order valence-corrected chi connectivity index (χ2v) is 6.58. The fourth-order valence-corrected chi connectivity index (χ4v) is 3.19. The normalized spacial score (nSPS) is 27.3. The molecule has 1 aliphatic rings. The Bertz CT molecular complexity index is 430. The number of hydrogen-bond donors (Lipinski definition) is 1. The van der Waals surface area contributed by atoms with E-state index in [-0.39, 0.29) is 11.8 Å². The maximum atomic E-state index is 12.2. The van der Waals surface area contributed by atoms with Crippen LogP contribution in [0.1, 0.15) is 29.9 Å². The van der Waals surface area contributed by atoms with E-state index >= 15 is 0 Å². The van der Waals surface area contributed by atoms with E-state index in [0.717, 1.165) is 13.0 Å². The summed E-state index contributed by atoms with van der Waals surface area (Å²) < 4.78 is 0.633. The molecule has 0 spiro atoms. The van der Waals surface area contributed by atoms with Gasteiger partial charge < -0.3 is 5.11 Å². The van der Waals surface area contributed by atoms with Crippen LogP contribution >= 0.6 is 22.9 Å². The molecule has 1 aromatic heterocycles. The van der Waals surface area contributed by atoms with Crippen LogP contribution in [0.2, 0.25) is 4.34 Å². The summed E-state index contributed by atoms with van der Waals surface area (Å²) in [6.07, 6.45) is 0.718. The molecule has 1 N–H and O–H groups in total. The average molecular weight is 274 g/mol. The number of carbonyl (C=O) groups is 1. The Hall–Kier alpha value is -0.420. The molecule has 0 amide bonds. The van der Waals surface area contributed by atoms with Gasteiger partial charge in [-0.25, -0.2) is 0 Å². The minimum atomic E-state index is -0.665. The van der Waals surface area contributed by atoms with E-state index in [9.17, 15) is 9.90 Å². The molecule has 5 heteroatoms. The number of likely N-dealkylation sites (tertiary alicyclic amines) is 1. The van der Waals surface area contributed by atoms with Gasteiger partial charge in [-0.2, -0.15) is 0 Å². The zero-order chi connectivity index (χ0) is 12.6.